The first-order valence-corrected chi connectivity index (χ1v) is 14.0. The van der Waals surface area contributed by atoms with Gasteiger partial charge in [-0.25, -0.2) is 0 Å². The molecule has 0 unspecified atom stereocenters. The molecule has 194 valence electrons. The molecule has 2 heterocycles. The number of benzene rings is 2. The highest BCUT2D eigenvalue weighted by molar-refractivity contribution is 14.1. The number of carbonyl (C=O) groups is 1. The fraction of sp³-hybridized carbons (Fsp3) is 0.333. The van der Waals surface area contributed by atoms with Gasteiger partial charge in [0.25, 0.3) is 5.91 Å². The lowest BCUT2D eigenvalue weighted by atomic mass is 9.99. The van der Waals surface area contributed by atoms with E-state index >= 15 is 0 Å². The van der Waals surface area contributed by atoms with E-state index in [9.17, 15) is 4.79 Å². The number of nitrogens with zero attached hydrogens (tertiary/aromatic N) is 3. The van der Waals surface area contributed by atoms with Crippen LogP contribution in [-0.4, -0.2) is 47.3 Å². The van der Waals surface area contributed by atoms with Crippen molar-refractivity contribution in [1.29, 1.82) is 5.41 Å². The van der Waals surface area contributed by atoms with Gasteiger partial charge in [-0.2, -0.15) is 15.1 Å². The van der Waals surface area contributed by atoms with E-state index < -0.39 is 5.91 Å². The Balaban J connectivity index is 1.43. The van der Waals surface area contributed by atoms with Gasteiger partial charge in [-0.1, -0.05) is 32.9 Å². The molecule has 0 saturated heterocycles. The minimum absolute atomic E-state index is 0.00887. The number of amidine groups is 2. The number of thioether (sulfide) groups is 1. The van der Waals surface area contributed by atoms with Crippen LogP contribution in [0.25, 0.3) is 6.08 Å². The number of aliphatic imine (C=N–C) groups is 1. The van der Waals surface area contributed by atoms with E-state index in [1.54, 1.807) is 19.3 Å². The van der Waals surface area contributed by atoms with E-state index in [0.717, 1.165) is 20.8 Å². The molecule has 4 rings (SSSR count). The fourth-order valence-electron chi connectivity index (χ4n) is 3.74. The highest BCUT2D eigenvalue weighted by Crippen LogP contribution is 2.36. The molecular weight excluding hydrogens is 603 g/mol. The average Bonchev–Trinajstić information content (AvgIpc) is 3.32. The number of carbonyl (C=O) groups excluding carboxylic acids is 1. The Labute approximate surface area is 234 Å². The molecule has 0 aliphatic carbocycles. The number of hydrogen-bond donors (Lipinski definition) is 1. The Kier molecular flexibility index (Phi) is 8.91. The van der Waals surface area contributed by atoms with Gasteiger partial charge in [0.2, 0.25) is 5.17 Å². The second kappa shape index (κ2) is 12.1. The molecule has 0 saturated carbocycles. The van der Waals surface area contributed by atoms with Crippen molar-refractivity contribution in [2.45, 2.75) is 39.5 Å². The van der Waals surface area contributed by atoms with E-state index in [0.29, 0.717) is 47.8 Å². The lowest BCUT2D eigenvalue weighted by molar-refractivity contribution is -0.114. The van der Waals surface area contributed by atoms with Crippen LogP contribution < -0.4 is 14.2 Å². The lowest BCUT2D eigenvalue weighted by Crippen LogP contribution is -2.35. The Morgan fingerprint density at radius 2 is 1.89 bits per heavy atom. The van der Waals surface area contributed by atoms with Crippen molar-refractivity contribution in [2.24, 2.45) is 10.1 Å². The molecule has 8 nitrogen and oxygen atoms in total. The summed E-state index contributed by atoms with van der Waals surface area (Å²) < 4.78 is 18.2. The highest BCUT2D eigenvalue weighted by atomic mass is 127. The van der Waals surface area contributed by atoms with Crippen LogP contribution in [0.1, 0.15) is 50.7 Å². The maximum absolute atomic E-state index is 12.7. The molecule has 0 bridgehead atoms. The van der Waals surface area contributed by atoms with E-state index in [1.807, 2.05) is 25.1 Å². The average molecular weight is 633 g/mol. The second-order valence-electron chi connectivity index (χ2n) is 8.48. The van der Waals surface area contributed by atoms with E-state index in [1.165, 1.54) is 22.3 Å². The molecule has 0 aromatic heterocycles. The van der Waals surface area contributed by atoms with Gasteiger partial charge in [0, 0.05) is 0 Å². The minimum atomic E-state index is -0.458. The van der Waals surface area contributed by atoms with Crippen molar-refractivity contribution >= 4 is 62.4 Å². The van der Waals surface area contributed by atoms with Gasteiger partial charge in [-0.05, 0) is 94.6 Å². The van der Waals surface area contributed by atoms with Crippen molar-refractivity contribution in [3.05, 3.63) is 56.7 Å². The maximum atomic E-state index is 12.7. The van der Waals surface area contributed by atoms with Crippen LogP contribution in [-0.2, 0) is 4.79 Å². The summed E-state index contributed by atoms with van der Waals surface area (Å²) in [5, 5.41) is 15.5. The monoisotopic (exact) mass is 632 g/mol. The van der Waals surface area contributed by atoms with E-state index in [-0.39, 0.29) is 11.4 Å². The molecule has 1 atom stereocenters. The Hall–Kier alpha value is -2.86. The summed E-state index contributed by atoms with van der Waals surface area (Å²) in [6.45, 7) is 7.09. The first-order chi connectivity index (χ1) is 17.8. The van der Waals surface area contributed by atoms with Crippen molar-refractivity contribution < 1.29 is 19.0 Å². The minimum Gasteiger partial charge on any atom is -0.493 e. The normalized spacial score (nSPS) is 16.9. The Morgan fingerprint density at radius 1 is 1.16 bits per heavy atom. The molecule has 0 fully saturated rings. The summed E-state index contributed by atoms with van der Waals surface area (Å²) in [5.74, 6) is 2.00. The zero-order chi connectivity index (χ0) is 26.5. The lowest BCUT2D eigenvalue weighted by Gasteiger charge is -2.20. The van der Waals surface area contributed by atoms with Crippen molar-refractivity contribution in [2.75, 3.05) is 20.3 Å². The molecular formula is C27H29IN4O4S. The summed E-state index contributed by atoms with van der Waals surface area (Å²) in [5.41, 5.74) is 2.17. The number of amides is 1. The quantitative estimate of drug-likeness (QED) is 0.188. The molecule has 0 spiro atoms. The molecule has 2 aliphatic heterocycles. The molecule has 10 heteroatoms. The third-order valence-corrected chi connectivity index (χ3v) is 7.88. The fourth-order valence-corrected chi connectivity index (χ4v) is 5.34. The molecule has 37 heavy (non-hydrogen) atoms. The highest BCUT2D eigenvalue weighted by Gasteiger charge is 2.35. The van der Waals surface area contributed by atoms with Gasteiger partial charge in [0.05, 0.1) is 16.3 Å². The maximum Gasteiger partial charge on any atom is 0.283 e. The van der Waals surface area contributed by atoms with Gasteiger partial charge in [0.15, 0.2) is 17.3 Å². The van der Waals surface area contributed by atoms with E-state index in [4.69, 9.17) is 19.6 Å². The van der Waals surface area contributed by atoms with Crippen molar-refractivity contribution in [3.63, 3.8) is 0 Å². The largest absolute Gasteiger partial charge is 0.493 e. The number of nitrogens with one attached hydrogen (secondary N) is 1. The molecule has 2 aromatic rings. The number of hydrazone groups is 1. The van der Waals surface area contributed by atoms with Crippen LogP contribution in [0.2, 0.25) is 0 Å². The molecule has 1 N–H and O–H groups in total. The smallest absolute Gasteiger partial charge is 0.283 e. The topological polar surface area (TPSA) is 96.6 Å². The van der Waals surface area contributed by atoms with Crippen molar-refractivity contribution in [1.82, 2.24) is 5.01 Å². The number of rotatable bonds is 10. The third-order valence-electron chi connectivity index (χ3n) is 6.02. The van der Waals surface area contributed by atoms with Crippen LogP contribution >= 0.6 is 34.4 Å². The standard InChI is InChI=1S/C27H29IN4O4S/c1-5-16(3)18-7-9-19(10-8-18)35-11-12-36-24-21(28)14-17(15-22(24)34-4)13-20-25(29)32-27(30-26(20)33)37-23(6-2)31-32/h7-10,13-16,29H,5-6,11-12H2,1-4H3/b20-13-,29-25?/t16-/m0/s1. The Morgan fingerprint density at radius 3 is 2.57 bits per heavy atom. The SMILES string of the molecule is CCC1=NN2C(=N)/C(=C/c3cc(I)c(OCCOc4ccc([C@@H](C)CC)cc4)c(OC)c3)C(=O)N=C2S1. The summed E-state index contributed by atoms with van der Waals surface area (Å²) >= 11 is 3.49. The summed E-state index contributed by atoms with van der Waals surface area (Å²) in [7, 11) is 1.57. The number of methoxy groups -OCH3 is 1. The van der Waals surface area contributed by atoms with Crippen LogP contribution in [0.5, 0.6) is 17.2 Å². The van der Waals surface area contributed by atoms with Gasteiger partial charge in [-0.15, -0.1) is 0 Å². The van der Waals surface area contributed by atoms with Crippen LogP contribution in [0, 0.1) is 8.98 Å². The van der Waals surface area contributed by atoms with Gasteiger partial charge < -0.3 is 14.2 Å². The second-order valence-corrected chi connectivity index (χ2v) is 10.7. The third kappa shape index (κ3) is 6.18. The van der Waals surface area contributed by atoms with Crippen LogP contribution in [0.4, 0.5) is 0 Å². The summed E-state index contributed by atoms with van der Waals surface area (Å²) in [6, 6.07) is 11.8. The zero-order valence-electron chi connectivity index (χ0n) is 21.2. The van der Waals surface area contributed by atoms with Crippen molar-refractivity contribution in [3.8, 4) is 17.2 Å². The predicted molar refractivity (Wildman–Crippen MR) is 157 cm³/mol. The predicted octanol–water partition coefficient (Wildman–Crippen LogP) is 6.30. The molecule has 0 radical (unpaired) electrons. The molecule has 2 aliphatic rings. The number of halogens is 1. The number of ether oxygens (including phenoxy) is 3. The zero-order valence-corrected chi connectivity index (χ0v) is 24.2. The van der Waals surface area contributed by atoms with E-state index in [2.05, 4.69) is 58.7 Å². The molecule has 2 aromatic carbocycles. The molecule has 1 amide bonds. The Bertz CT molecular complexity index is 1290. The van der Waals surface area contributed by atoms with Crippen LogP contribution in [0.3, 0.4) is 0 Å². The van der Waals surface area contributed by atoms with Crippen LogP contribution in [0.15, 0.2) is 52.1 Å². The summed E-state index contributed by atoms with van der Waals surface area (Å²) in [4.78, 5) is 16.8. The first-order valence-electron chi connectivity index (χ1n) is 12.1. The number of fused-ring (bicyclic) bond motifs is 1. The van der Waals surface area contributed by atoms with Gasteiger partial charge in [-0.3, -0.25) is 10.2 Å². The van der Waals surface area contributed by atoms with Gasteiger partial charge >= 0.3 is 0 Å². The number of hydrogen-bond acceptors (Lipinski definition) is 7. The van der Waals surface area contributed by atoms with Gasteiger partial charge in [0.1, 0.15) is 24.0 Å². The first kappa shape index (κ1) is 27.2. The summed E-state index contributed by atoms with van der Waals surface area (Å²) in [6.07, 6.45) is 3.45.